The molecule has 1 atom stereocenters. The van der Waals surface area contributed by atoms with E-state index in [1.807, 2.05) is 30.3 Å². The van der Waals surface area contributed by atoms with E-state index >= 15 is 0 Å². The average Bonchev–Trinajstić information content (AvgIpc) is 2.33. The van der Waals surface area contributed by atoms with Crippen LogP contribution in [-0.4, -0.2) is 24.3 Å². The molecule has 18 heavy (non-hydrogen) atoms. The van der Waals surface area contributed by atoms with Gasteiger partial charge in [0.15, 0.2) is 0 Å². The van der Waals surface area contributed by atoms with E-state index in [9.17, 15) is 0 Å². The first-order valence-electron chi connectivity index (χ1n) is 6.42. The lowest BCUT2D eigenvalue weighted by molar-refractivity contribution is 0.202. The van der Waals surface area contributed by atoms with Gasteiger partial charge in [-0.3, -0.25) is 0 Å². The molecule has 98 valence electrons. The van der Waals surface area contributed by atoms with Gasteiger partial charge in [-0.25, -0.2) is 0 Å². The molecule has 0 aliphatic rings. The summed E-state index contributed by atoms with van der Waals surface area (Å²) in [6.45, 7) is 7.37. The molecule has 1 aromatic carbocycles. The van der Waals surface area contributed by atoms with E-state index in [1.54, 1.807) is 0 Å². The fraction of sp³-hybridized carbons (Fsp3) is 0.500. The van der Waals surface area contributed by atoms with Gasteiger partial charge in [0, 0.05) is 18.2 Å². The number of benzene rings is 1. The van der Waals surface area contributed by atoms with Gasteiger partial charge in [0.1, 0.15) is 0 Å². The van der Waals surface area contributed by atoms with Crippen LogP contribution < -0.4 is 5.32 Å². The molecule has 0 saturated carbocycles. The minimum atomic E-state index is 0.136. The van der Waals surface area contributed by atoms with Crippen LogP contribution in [0.3, 0.4) is 0 Å². The molecule has 0 heterocycles. The van der Waals surface area contributed by atoms with Crippen molar-refractivity contribution >= 4 is 0 Å². The normalized spacial score (nSPS) is 12.7. The predicted octanol–water partition coefficient (Wildman–Crippen LogP) is 2.42. The number of nitrogens with one attached hydrogen (secondary N) is 1. The minimum Gasteiger partial charge on any atom is -0.396 e. The molecule has 0 aliphatic carbocycles. The van der Waals surface area contributed by atoms with Crippen LogP contribution in [0.5, 0.6) is 0 Å². The van der Waals surface area contributed by atoms with Crippen LogP contribution in [-0.2, 0) is 0 Å². The first kappa shape index (κ1) is 14.8. The van der Waals surface area contributed by atoms with Crippen molar-refractivity contribution in [2.45, 2.75) is 33.2 Å². The fourth-order valence-electron chi connectivity index (χ4n) is 1.81. The van der Waals surface area contributed by atoms with Crippen molar-refractivity contribution < 1.29 is 5.11 Å². The van der Waals surface area contributed by atoms with Gasteiger partial charge in [-0.15, -0.1) is 0 Å². The molecule has 2 N–H and O–H groups in total. The molecule has 0 aliphatic heterocycles. The molecule has 0 saturated heterocycles. The van der Waals surface area contributed by atoms with Gasteiger partial charge in [-0.1, -0.05) is 50.8 Å². The van der Waals surface area contributed by atoms with Gasteiger partial charge in [-0.05, 0) is 24.0 Å². The van der Waals surface area contributed by atoms with Gasteiger partial charge >= 0.3 is 0 Å². The minimum absolute atomic E-state index is 0.136. The van der Waals surface area contributed by atoms with Gasteiger partial charge in [0.25, 0.3) is 0 Å². The lowest BCUT2D eigenvalue weighted by atomic mass is 9.85. The van der Waals surface area contributed by atoms with Crippen LogP contribution in [0.15, 0.2) is 30.3 Å². The lowest BCUT2D eigenvalue weighted by Crippen LogP contribution is -2.41. The third-order valence-corrected chi connectivity index (χ3v) is 2.91. The third-order valence-electron chi connectivity index (χ3n) is 2.91. The maximum atomic E-state index is 9.06. The topological polar surface area (TPSA) is 32.3 Å². The highest BCUT2D eigenvalue weighted by atomic mass is 16.3. The Kier molecular flexibility index (Phi) is 5.91. The smallest absolute Gasteiger partial charge is 0.0582 e. The summed E-state index contributed by atoms with van der Waals surface area (Å²) >= 11 is 0. The van der Waals surface area contributed by atoms with Crippen LogP contribution in [0.25, 0.3) is 0 Å². The Labute approximate surface area is 110 Å². The van der Waals surface area contributed by atoms with E-state index in [4.69, 9.17) is 5.11 Å². The van der Waals surface area contributed by atoms with Crippen LogP contribution in [0.4, 0.5) is 0 Å². The number of hydrogen-bond acceptors (Lipinski definition) is 2. The fourth-order valence-corrected chi connectivity index (χ4v) is 1.81. The molecule has 2 nitrogen and oxygen atoms in total. The molecule has 0 amide bonds. The van der Waals surface area contributed by atoms with Crippen LogP contribution >= 0.6 is 0 Å². The molecular weight excluding hydrogens is 222 g/mol. The SMILES string of the molecule is CC(C)(C)C(CCO)NCC#Cc1ccccc1. The Balaban J connectivity index is 2.47. The Morgan fingerprint density at radius 1 is 1.22 bits per heavy atom. The van der Waals surface area contributed by atoms with Gasteiger partial charge in [0.05, 0.1) is 6.54 Å². The number of rotatable bonds is 4. The largest absolute Gasteiger partial charge is 0.396 e. The van der Waals surface area contributed by atoms with E-state index < -0.39 is 0 Å². The first-order valence-corrected chi connectivity index (χ1v) is 6.42. The van der Waals surface area contributed by atoms with Crippen molar-refractivity contribution in [3.8, 4) is 11.8 Å². The molecule has 1 aromatic rings. The summed E-state index contributed by atoms with van der Waals surface area (Å²) in [6, 6.07) is 10.2. The quantitative estimate of drug-likeness (QED) is 0.799. The zero-order chi connectivity index (χ0) is 13.4. The predicted molar refractivity (Wildman–Crippen MR) is 76.3 cm³/mol. The van der Waals surface area contributed by atoms with E-state index in [1.165, 1.54) is 0 Å². The second-order valence-electron chi connectivity index (χ2n) is 5.48. The second kappa shape index (κ2) is 7.20. The van der Waals surface area contributed by atoms with E-state index in [-0.39, 0.29) is 18.1 Å². The van der Waals surface area contributed by atoms with Crippen molar-refractivity contribution in [3.05, 3.63) is 35.9 Å². The van der Waals surface area contributed by atoms with E-state index in [0.29, 0.717) is 6.54 Å². The van der Waals surface area contributed by atoms with Gasteiger partial charge < -0.3 is 10.4 Å². The highest BCUT2D eigenvalue weighted by molar-refractivity contribution is 5.33. The standard InChI is InChI=1S/C16H23NO/c1-16(2,3)15(11-13-18)17-12-7-10-14-8-5-4-6-9-14/h4-6,8-9,15,17-18H,11-13H2,1-3H3. The Bertz CT molecular complexity index is 395. The Morgan fingerprint density at radius 3 is 2.44 bits per heavy atom. The van der Waals surface area contributed by atoms with Crippen molar-refractivity contribution in [3.63, 3.8) is 0 Å². The number of aliphatic hydroxyl groups is 1. The molecule has 1 rings (SSSR count). The highest BCUT2D eigenvalue weighted by Crippen LogP contribution is 2.21. The second-order valence-corrected chi connectivity index (χ2v) is 5.48. The summed E-state index contributed by atoms with van der Waals surface area (Å²) in [6.07, 6.45) is 0.760. The summed E-state index contributed by atoms with van der Waals surface area (Å²) in [7, 11) is 0. The van der Waals surface area contributed by atoms with Gasteiger partial charge in [0.2, 0.25) is 0 Å². The van der Waals surface area contributed by atoms with Crippen molar-refractivity contribution in [1.29, 1.82) is 0 Å². The molecule has 0 radical (unpaired) electrons. The summed E-state index contributed by atoms with van der Waals surface area (Å²) < 4.78 is 0. The maximum absolute atomic E-state index is 9.06. The average molecular weight is 245 g/mol. The van der Waals surface area contributed by atoms with Crippen LogP contribution in [0, 0.1) is 17.3 Å². The lowest BCUT2D eigenvalue weighted by Gasteiger charge is -2.30. The van der Waals surface area contributed by atoms with E-state index in [0.717, 1.165) is 12.0 Å². The third kappa shape index (κ3) is 5.35. The molecule has 1 unspecified atom stereocenters. The van der Waals surface area contributed by atoms with E-state index in [2.05, 4.69) is 37.9 Å². The number of hydrogen-bond donors (Lipinski definition) is 2. The summed E-state index contributed by atoms with van der Waals surface area (Å²) in [5, 5.41) is 12.5. The highest BCUT2D eigenvalue weighted by Gasteiger charge is 2.22. The van der Waals surface area contributed by atoms with Crippen molar-refractivity contribution in [1.82, 2.24) is 5.32 Å². The van der Waals surface area contributed by atoms with Crippen LogP contribution in [0.1, 0.15) is 32.8 Å². The maximum Gasteiger partial charge on any atom is 0.0582 e. The molecule has 0 fully saturated rings. The van der Waals surface area contributed by atoms with Gasteiger partial charge in [-0.2, -0.15) is 0 Å². The molecule has 0 spiro atoms. The molecule has 0 aromatic heterocycles. The van der Waals surface area contributed by atoms with Crippen molar-refractivity contribution in [2.24, 2.45) is 5.41 Å². The molecule has 2 heteroatoms. The molecule has 0 bridgehead atoms. The zero-order valence-corrected chi connectivity index (χ0v) is 11.5. The number of aliphatic hydroxyl groups excluding tert-OH is 1. The summed E-state index contributed by atoms with van der Waals surface area (Å²) in [5.74, 6) is 6.24. The monoisotopic (exact) mass is 245 g/mol. The first-order chi connectivity index (χ1) is 8.54. The summed E-state index contributed by atoms with van der Waals surface area (Å²) in [4.78, 5) is 0. The summed E-state index contributed by atoms with van der Waals surface area (Å²) in [5.41, 5.74) is 1.17. The van der Waals surface area contributed by atoms with Crippen molar-refractivity contribution in [2.75, 3.05) is 13.2 Å². The van der Waals surface area contributed by atoms with Crippen LogP contribution in [0.2, 0.25) is 0 Å². The molecular formula is C16H23NO. The Hall–Kier alpha value is -1.30. The Morgan fingerprint density at radius 2 is 1.89 bits per heavy atom. The zero-order valence-electron chi connectivity index (χ0n) is 11.5.